The predicted octanol–water partition coefficient (Wildman–Crippen LogP) is 5.76. The Kier molecular flexibility index (Phi) is 6.81. The average Bonchev–Trinajstić information content (AvgIpc) is 3.42. The molecule has 1 aliphatic heterocycles. The number of halogens is 2. The number of rotatable bonds is 9. The number of para-hydroxylation sites is 1. The van der Waals surface area contributed by atoms with E-state index < -0.39 is 18.0 Å². The molecule has 32 heavy (non-hydrogen) atoms. The number of hydrogen-bond acceptors (Lipinski definition) is 5. The Hall–Kier alpha value is -2.06. The van der Waals surface area contributed by atoms with E-state index in [1.807, 2.05) is 0 Å². The van der Waals surface area contributed by atoms with E-state index in [2.05, 4.69) is 28.5 Å². The summed E-state index contributed by atoms with van der Waals surface area (Å²) in [5.74, 6) is 0.707. The van der Waals surface area contributed by atoms with Crippen LogP contribution in [-0.2, 0) is 11.3 Å². The first kappa shape index (κ1) is 23.1. The number of nitrogens with zero attached hydrogens (tertiary/aromatic N) is 2. The lowest BCUT2D eigenvalue weighted by Crippen LogP contribution is -2.52. The zero-order valence-electron chi connectivity index (χ0n) is 18.5. The molecule has 1 aromatic heterocycles. The molecular weight excluding hydrogens is 434 g/mol. The highest BCUT2D eigenvalue weighted by molar-refractivity contribution is 7.15. The fourth-order valence-corrected chi connectivity index (χ4v) is 5.85. The van der Waals surface area contributed by atoms with Crippen molar-refractivity contribution >= 4 is 17.3 Å². The lowest BCUT2D eigenvalue weighted by molar-refractivity contribution is -0.156. The first-order chi connectivity index (χ1) is 15.3. The number of aliphatic carboxylic acids is 1. The molecule has 0 unspecified atom stereocenters. The molecule has 174 valence electrons. The van der Waals surface area contributed by atoms with Crippen LogP contribution in [0.4, 0.5) is 8.78 Å². The van der Waals surface area contributed by atoms with Crippen molar-refractivity contribution in [1.82, 2.24) is 9.88 Å². The van der Waals surface area contributed by atoms with Crippen LogP contribution in [0, 0.1) is 23.2 Å². The number of likely N-dealkylation sites (tertiary alicyclic amines) is 1. The number of carboxylic acid groups (broad SMARTS) is 1. The smallest absolute Gasteiger partial charge is 0.387 e. The molecule has 2 atom stereocenters. The van der Waals surface area contributed by atoms with E-state index in [-0.39, 0.29) is 5.75 Å². The van der Waals surface area contributed by atoms with E-state index in [0.29, 0.717) is 36.4 Å². The molecule has 2 aromatic rings. The van der Waals surface area contributed by atoms with Crippen molar-refractivity contribution in [2.24, 2.45) is 23.2 Å². The summed E-state index contributed by atoms with van der Waals surface area (Å²) in [6.45, 7) is 3.38. The topological polar surface area (TPSA) is 62.7 Å². The number of alkyl halides is 2. The van der Waals surface area contributed by atoms with Crippen LogP contribution in [0.1, 0.15) is 44.5 Å². The minimum atomic E-state index is -2.89. The molecule has 1 saturated carbocycles. The fourth-order valence-electron chi connectivity index (χ4n) is 4.85. The second kappa shape index (κ2) is 9.43. The number of carboxylic acids is 1. The molecule has 8 heteroatoms. The molecule has 2 heterocycles. The molecule has 2 fully saturated rings. The van der Waals surface area contributed by atoms with Gasteiger partial charge in [0, 0.05) is 24.8 Å². The molecule has 0 radical (unpaired) electrons. The van der Waals surface area contributed by atoms with Gasteiger partial charge in [-0.25, -0.2) is 4.98 Å². The Morgan fingerprint density at radius 2 is 2.09 bits per heavy atom. The zero-order valence-corrected chi connectivity index (χ0v) is 19.3. The van der Waals surface area contributed by atoms with Gasteiger partial charge in [0.1, 0.15) is 10.8 Å². The van der Waals surface area contributed by atoms with Crippen LogP contribution >= 0.6 is 11.3 Å². The maximum absolute atomic E-state index is 12.8. The highest BCUT2D eigenvalue weighted by Crippen LogP contribution is 2.47. The van der Waals surface area contributed by atoms with Gasteiger partial charge in [-0.1, -0.05) is 38.8 Å². The number of ether oxygens (including phenoxy) is 1. The second-order valence-corrected chi connectivity index (χ2v) is 10.7. The monoisotopic (exact) mass is 464 g/mol. The van der Waals surface area contributed by atoms with Crippen molar-refractivity contribution in [2.45, 2.75) is 52.7 Å². The highest BCUT2D eigenvalue weighted by atomic mass is 32.1. The predicted molar refractivity (Wildman–Crippen MR) is 120 cm³/mol. The number of piperidine rings is 1. The van der Waals surface area contributed by atoms with Gasteiger partial charge in [0.15, 0.2) is 0 Å². The van der Waals surface area contributed by atoms with Gasteiger partial charge in [0.2, 0.25) is 0 Å². The van der Waals surface area contributed by atoms with E-state index in [4.69, 9.17) is 0 Å². The van der Waals surface area contributed by atoms with Gasteiger partial charge < -0.3 is 9.84 Å². The van der Waals surface area contributed by atoms with Crippen LogP contribution in [0.3, 0.4) is 0 Å². The number of hydrogen-bond donors (Lipinski definition) is 1. The van der Waals surface area contributed by atoms with Gasteiger partial charge in [-0.2, -0.15) is 8.78 Å². The second-order valence-electron chi connectivity index (χ2n) is 9.60. The van der Waals surface area contributed by atoms with Gasteiger partial charge in [-0.3, -0.25) is 9.69 Å². The van der Waals surface area contributed by atoms with Crippen LogP contribution in [-0.4, -0.2) is 40.7 Å². The third-order valence-corrected chi connectivity index (χ3v) is 7.74. The van der Waals surface area contributed by atoms with Gasteiger partial charge in [0.05, 0.1) is 16.8 Å². The maximum Gasteiger partial charge on any atom is 0.387 e. The summed E-state index contributed by atoms with van der Waals surface area (Å²) in [6.07, 6.45) is 5.44. The number of thiazole rings is 1. The normalized spacial score (nSPS) is 24.2. The van der Waals surface area contributed by atoms with Crippen LogP contribution in [0.25, 0.3) is 10.4 Å². The summed E-state index contributed by atoms with van der Waals surface area (Å²) in [5.41, 5.74) is -0.115. The molecule has 0 spiro atoms. The largest absolute Gasteiger partial charge is 0.481 e. The zero-order chi connectivity index (χ0) is 22.9. The Balaban J connectivity index is 1.54. The van der Waals surface area contributed by atoms with Crippen molar-refractivity contribution in [1.29, 1.82) is 0 Å². The summed E-state index contributed by atoms with van der Waals surface area (Å²) in [7, 11) is 0. The molecule has 0 bridgehead atoms. The minimum Gasteiger partial charge on any atom is -0.481 e. The third kappa shape index (κ3) is 5.29. The first-order valence-corrected chi connectivity index (χ1v) is 12.0. The molecule has 1 saturated heterocycles. The number of benzene rings is 1. The maximum atomic E-state index is 12.8. The number of carbonyl (C=O) groups is 1. The third-order valence-electron chi connectivity index (χ3n) is 6.73. The van der Waals surface area contributed by atoms with E-state index in [0.717, 1.165) is 42.1 Å². The Bertz CT molecular complexity index is 947. The molecular formula is C24H30F2N2O3S. The van der Waals surface area contributed by atoms with E-state index >= 15 is 0 Å². The Labute approximate surface area is 191 Å². The van der Waals surface area contributed by atoms with E-state index in [9.17, 15) is 18.7 Å². The minimum absolute atomic E-state index is 0.130. The molecule has 4 rings (SSSR count). The quantitative estimate of drug-likeness (QED) is 0.511. The summed E-state index contributed by atoms with van der Waals surface area (Å²) >= 11 is 1.44. The van der Waals surface area contributed by atoms with Gasteiger partial charge in [-0.05, 0) is 42.7 Å². The molecule has 1 aliphatic carbocycles. The summed E-state index contributed by atoms with van der Waals surface area (Å²) < 4.78 is 30.2. The van der Waals surface area contributed by atoms with E-state index in [1.165, 1.54) is 17.4 Å². The van der Waals surface area contributed by atoms with Gasteiger partial charge in [0.25, 0.3) is 0 Å². The van der Waals surface area contributed by atoms with Gasteiger partial charge >= 0.3 is 12.6 Å². The van der Waals surface area contributed by atoms with E-state index in [1.54, 1.807) is 24.4 Å². The molecule has 5 nitrogen and oxygen atoms in total. The molecule has 1 aromatic carbocycles. The van der Waals surface area contributed by atoms with Crippen molar-refractivity contribution in [3.63, 3.8) is 0 Å². The summed E-state index contributed by atoms with van der Waals surface area (Å²) in [6, 6.07) is 6.71. The lowest BCUT2D eigenvalue weighted by Gasteiger charge is -2.45. The molecule has 1 N–H and O–H groups in total. The Morgan fingerprint density at radius 1 is 1.34 bits per heavy atom. The van der Waals surface area contributed by atoms with Crippen molar-refractivity contribution in [3.8, 4) is 16.2 Å². The SMILES string of the molecule is CC(C)[C@H]1CN(Cc2ncc(-c3ccccc3OC(F)F)s2)C[C@](CC2CC2)(C(=O)O)C1. The van der Waals surface area contributed by atoms with Crippen LogP contribution < -0.4 is 4.74 Å². The first-order valence-electron chi connectivity index (χ1n) is 11.2. The summed E-state index contributed by atoms with van der Waals surface area (Å²) in [5, 5.41) is 11.0. The van der Waals surface area contributed by atoms with Crippen molar-refractivity contribution < 1.29 is 23.4 Å². The fraction of sp³-hybridized carbons (Fsp3) is 0.583. The molecule has 0 amide bonds. The molecule has 2 aliphatic rings. The van der Waals surface area contributed by atoms with Crippen molar-refractivity contribution in [2.75, 3.05) is 13.1 Å². The lowest BCUT2D eigenvalue weighted by atomic mass is 9.69. The Morgan fingerprint density at radius 3 is 2.75 bits per heavy atom. The van der Waals surface area contributed by atoms with Gasteiger partial charge in [-0.15, -0.1) is 11.3 Å². The summed E-state index contributed by atoms with van der Waals surface area (Å²) in [4.78, 5) is 19.9. The standard InChI is InChI=1S/C24H30F2N2O3S/c1-15(2)17-10-24(22(29)30,9-16-7-8-16)14-28(12-17)13-21-27-11-20(32-21)18-5-3-4-6-19(18)31-23(25)26/h3-6,11,15-17,23H,7-10,12-14H2,1-2H3,(H,29,30)/t17-,24-/m1/s1. The van der Waals surface area contributed by atoms with Crippen LogP contribution in [0.5, 0.6) is 5.75 Å². The average molecular weight is 465 g/mol. The van der Waals surface area contributed by atoms with Crippen molar-refractivity contribution in [3.05, 3.63) is 35.5 Å². The van der Waals surface area contributed by atoms with Crippen LogP contribution in [0.15, 0.2) is 30.5 Å². The highest BCUT2D eigenvalue weighted by Gasteiger charge is 2.49. The van der Waals surface area contributed by atoms with Crippen LogP contribution in [0.2, 0.25) is 0 Å². The number of aromatic nitrogens is 1.